The molecule has 0 aliphatic carbocycles. The molecule has 1 saturated heterocycles. The van der Waals surface area contributed by atoms with Crippen LogP contribution in [0.3, 0.4) is 0 Å². The molecule has 4 rings (SSSR count). The van der Waals surface area contributed by atoms with Crippen LogP contribution in [-0.4, -0.2) is 68.7 Å². The summed E-state index contributed by atoms with van der Waals surface area (Å²) in [6.45, 7) is 5.52. The number of sulfonamides is 1. The first-order chi connectivity index (χ1) is 17.7. The number of hydrogen-bond acceptors (Lipinski definition) is 7. The summed E-state index contributed by atoms with van der Waals surface area (Å²) in [6.07, 6.45) is 4.36. The number of fused-ring (bicyclic) bond motifs is 1. The predicted molar refractivity (Wildman–Crippen MR) is 143 cm³/mol. The molecule has 0 atom stereocenters. The molecule has 12 heteroatoms. The molecule has 1 aromatic carbocycles. The molecule has 200 valence electrons. The van der Waals surface area contributed by atoms with Crippen molar-refractivity contribution in [3.63, 3.8) is 0 Å². The monoisotopic (exact) mass is 547 g/mol. The normalized spacial score (nSPS) is 16.6. The Kier molecular flexibility index (Phi) is 8.63. The zero-order valence-electron chi connectivity index (χ0n) is 21.1. The van der Waals surface area contributed by atoms with Gasteiger partial charge >= 0.3 is 6.03 Å². The molecule has 37 heavy (non-hydrogen) atoms. The van der Waals surface area contributed by atoms with Crippen molar-refractivity contribution < 1.29 is 22.8 Å². The van der Waals surface area contributed by atoms with Gasteiger partial charge in [0.25, 0.3) is 11.8 Å². The number of nitrogens with one attached hydrogen (secondary N) is 3. The third-order valence-corrected chi connectivity index (χ3v) is 9.70. The van der Waals surface area contributed by atoms with Crippen molar-refractivity contribution in [2.45, 2.75) is 50.5 Å². The molecular weight excluding hydrogens is 514 g/mol. The number of carbonyl (C=O) groups is 3. The van der Waals surface area contributed by atoms with Crippen LogP contribution in [0.5, 0.6) is 0 Å². The van der Waals surface area contributed by atoms with Crippen LogP contribution in [0, 0.1) is 0 Å². The fourth-order valence-corrected chi connectivity index (χ4v) is 7.53. The van der Waals surface area contributed by atoms with Crippen LogP contribution in [0.25, 0.3) is 0 Å². The summed E-state index contributed by atoms with van der Waals surface area (Å²) in [5, 5.41) is 7.89. The molecule has 1 fully saturated rings. The van der Waals surface area contributed by atoms with Crippen molar-refractivity contribution >= 4 is 44.2 Å². The third-order valence-electron chi connectivity index (χ3n) is 6.65. The Morgan fingerprint density at radius 3 is 2.35 bits per heavy atom. The van der Waals surface area contributed by atoms with Gasteiger partial charge in [-0.05, 0) is 62.1 Å². The van der Waals surface area contributed by atoms with Crippen molar-refractivity contribution in [1.29, 1.82) is 0 Å². The minimum Gasteiger partial charge on any atom is -0.341 e. The Morgan fingerprint density at radius 2 is 1.70 bits per heavy atom. The highest BCUT2D eigenvalue weighted by Crippen LogP contribution is 2.37. The first-order valence-electron chi connectivity index (χ1n) is 12.6. The number of imide groups is 1. The van der Waals surface area contributed by atoms with Crippen molar-refractivity contribution in [3.8, 4) is 0 Å². The van der Waals surface area contributed by atoms with Gasteiger partial charge in [-0.25, -0.2) is 13.2 Å². The standard InChI is InChI=1S/C25H33N5O5S2/c1-3-12-29-15-11-19-20(16-29)36-24(21(19)23(32)28-25(33)26-2)27-22(31)17-7-9-18(10-8-17)37(34,35)30-13-5-4-6-14-30/h7-10H,3-6,11-16H2,1-2H3,(H,27,31)(H2,26,28,32,33). The Labute approximate surface area is 221 Å². The van der Waals surface area contributed by atoms with Crippen LogP contribution in [0.15, 0.2) is 29.2 Å². The van der Waals surface area contributed by atoms with E-state index in [-0.39, 0.29) is 10.5 Å². The van der Waals surface area contributed by atoms with Crippen molar-refractivity contribution in [2.24, 2.45) is 0 Å². The number of piperidine rings is 1. The van der Waals surface area contributed by atoms with E-state index in [0.29, 0.717) is 36.6 Å². The Hall–Kier alpha value is -2.80. The van der Waals surface area contributed by atoms with Gasteiger partial charge in [-0.3, -0.25) is 19.8 Å². The number of thiophene rings is 1. The van der Waals surface area contributed by atoms with Gasteiger partial charge in [0.05, 0.1) is 10.5 Å². The van der Waals surface area contributed by atoms with Gasteiger partial charge < -0.3 is 10.6 Å². The fourth-order valence-electron chi connectivity index (χ4n) is 4.73. The predicted octanol–water partition coefficient (Wildman–Crippen LogP) is 3.01. The van der Waals surface area contributed by atoms with E-state index in [0.717, 1.165) is 49.2 Å². The van der Waals surface area contributed by atoms with Crippen LogP contribution in [0.4, 0.5) is 9.80 Å². The number of anilines is 1. The summed E-state index contributed by atoms with van der Waals surface area (Å²) >= 11 is 1.34. The van der Waals surface area contributed by atoms with Crippen LogP contribution in [0.2, 0.25) is 0 Å². The molecule has 2 aliphatic heterocycles. The van der Waals surface area contributed by atoms with Crippen molar-refractivity contribution in [3.05, 3.63) is 45.8 Å². The number of urea groups is 1. The average Bonchev–Trinajstić information content (AvgIpc) is 3.26. The maximum atomic E-state index is 13.1. The highest BCUT2D eigenvalue weighted by molar-refractivity contribution is 7.89. The fraction of sp³-hybridized carbons (Fsp3) is 0.480. The van der Waals surface area contributed by atoms with E-state index in [9.17, 15) is 22.8 Å². The average molecular weight is 548 g/mol. The van der Waals surface area contributed by atoms with Crippen LogP contribution >= 0.6 is 11.3 Å². The lowest BCUT2D eigenvalue weighted by atomic mass is 10.0. The lowest BCUT2D eigenvalue weighted by Gasteiger charge is -2.26. The summed E-state index contributed by atoms with van der Waals surface area (Å²) in [7, 11) is -2.18. The van der Waals surface area contributed by atoms with Crippen LogP contribution < -0.4 is 16.0 Å². The number of rotatable bonds is 7. The van der Waals surface area contributed by atoms with Gasteiger partial charge in [-0.15, -0.1) is 11.3 Å². The molecule has 0 bridgehead atoms. The molecule has 3 heterocycles. The van der Waals surface area contributed by atoms with Crippen molar-refractivity contribution in [2.75, 3.05) is 38.5 Å². The molecule has 0 saturated carbocycles. The van der Waals surface area contributed by atoms with Gasteiger partial charge in [0, 0.05) is 43.7 Å². The van der Waals surface area contributed by atoms with E-state index in [2.05, 4.69) is 27.8 Å². The van der Waals surface area contributed by atoms with E-state index < -0.39 is 27.9 Å². The maximum absolute atomic E-state index is 13.1. The second-order valence-electron chi connectivity index (χ2n) is 9.21. The molecular formula is C25H33N5O5S2. The molecule has 4 amide bonds. The Balaban J connectivity index is 1.56. The van der Waals surface area contributed by atoms with Gasteiger partial charge in [0.1, 0.15) is 5.00 Å². The van der Waals surface area contributed by atoms with E-state index >= 15 is 0 Å². The molecule has 3 N–H and O–H groups in total. The summed E-state index contributed by atoms with van der Waals surface area (Å²) in [5.41, 5.74) is 1.42. The van der Waals surface area contributed by atoms with E-state index in [4.69, 9.17) is 0 Å². The third kappa shape index (κ3) is 6.03. The smallest absolute Gasteiger partial charge is 0.321 e. The van der Waals surface area contributed by atoms with Gasteiger partial charge in [-0.1, -0.05) is 13.3 Å². The molecule has 1 aromatic heterocycles. The number of benzene rings is 1. The van der Waals surface area contributed by atoms with Crippen molar-refractivity contribution in [1.82, 2.24) is 19.8 Å². The minimum atomic E-state index is -3.60. The summed E-state index contributed by atoms with van der Waals surface area (Å²) in [6, 6.07) is 5.22. The van der Waals surface area contributed by atoms with Crippen LogP contribution in [-0.2, 0) is 23.0 Å². The molecule has 2 aromatic rings. The number of hydrogen-bond donors (Lipinski definition) is 3. The highest BCUT2D eigenvalue weighted by Gasteiger charge is 2.30. The quantitative estimate of drug-likeness (QED) is 0.489. The first-order valence-corrected chi connectivity index (χ1v) is 14.8. The highest BCUT2D eigenvalue weighted by atomic mass is 32.2. The molecule has 2 aliphatic rings. The van der Waals surface area contributed by atoms with Gasteiger partial charge in [0.15, 0.2) is 0 Å². The molecule has 10 nitrogen and oxygen atoms in total. The molecule has 0 radical (unpaired) electrons. The SMILES string of the molecule is CCCN1CCc2c(sc(NC(=O)c3ccc(S(=O)(=O)N4CCCCC4)cc3)c2C(=O)NC(=O)NC)C1. The van der Waals surface area contributed by atoms with E-state index in [1.165, 1.54) is 47.0 Å². The zero-order chi connectivity index (χ0) is 26.6. The summed E-state index contributed by atoms with van der Waals surface area (Å²) in [5.74, 6) is -1.03. The Morgan fingerprint density at radius 1 is 1.00 bits per heavy atom. The summed E-state index contributed by atoms with van der Waals surface area (Å²) < 4.78 is 27.3. The number of carbonyl (C=O) groups excluding carboxylic acids is 3. The second-order valence-corrected chi connectivity index (χ2v) is 12.3. The molecule has 0 unspecified atom stereocenters. The zero-order valence-corrected chi connectivity index (χ0v) is 22.8. The van der Waals surface area contributed by atoms with E-state index in [1.807, 2.05) is 0 Å². The summed E-state index contributed by atoms with van der Waals surface area (Å²) in [4.78, 5) is 41.4. The number of amides is 4. The van der Waals surface area contributed by atoms with Crippen LogP contribution in [0.1, 0.15) is 63.8 Å². The van der Waals surface area contributed by atoms with Gasteiger partial charge in [0.2, 0.25) is 10.0 Å². The Bertz CT molecular complexity index is 1270. The lowest BCUT2D eigenvalue weighted by molar-refractivity contribution is 0.0964. The second kappa shape index (κ2) is 11.7. The lowest BCUT2D eigenvalue weighted by Crippen LogP contribution is -2.38. The van der Waals surface area contributed by atoms with E-state index in [1.54, 1.807) is 0 Å². The minimum absolute atomic E-state index is 0.152. The number of nitrogens with zero attached hydrogens (tertiary/aromatic N) is 2. The first kappa shape index (κ1) is 27.2. The maximum Gasteiger partial charge on any atom is 0.321 e. The largest absolute Gasteiger partial charge is 0.341 e. The van der Waals surface area contributed by atoms with Gasteiger partial charge in [-0.2, -0.15) is 4.31 Å². The molecule has 0 spiro atoms. The topological polar surface area (TPSA) is 128 Å².